The van der Waals surface area contributed by atoms with E-state index in [0.29, 0.717) is 29.2 Å². The van der Waals surface area contributed by atoms with Gasteiger partial charge in [-0.15, -0.1) is 12.4 Å². The van der Waals surface area contributed by atoms with E-state index in [2.05, 4.69) is 5.32 Å². The number of ether oxygens (including phenoxy) is 2. The number of para-hydroxylation sites is 2. The first kappa shape index (κ1) is 26.6. The number of halogens is 1. The summed E-state index contributed by atoms with van der Waals surface area (Å²) in [4.78, 5) is 38.8. The molecule has 1 saturated heterocycles. The number of primary amides is 1. The lowest BCUT2D eigenvalue weighted by Crippen LogP contribution is -2.47. The number of amides is 3. The molecule has 36 heavy (non-hydrogen) atoms. The first-order valence-electron chi connectivity index (χ1n) is 11.3. The summed E-state index contributed by atoms with van der Waals surface area (Å²) < 4.78 is 11.7. The van der Waals surface area contributed by atoms with Crippen molar-refractivity contribution in [3.8, 4) is 17.2 Å². The number of benzene rings is 3. The highest BCUT2D eigenvalue weighted by Gasteiger charge is 2.39. The smallest absolute Gasteiger partial charge is 0.251 e. The van der Waals surface area contributed by atoms with Gasteiger partial charge in [-0.25, -0.2) is 0 Å². The van der Waals surface area contributed by atoms with Gasteiger partial charge in [-0.1, -0.05) is 36.4 Å². The van der Waals surface area contributed by atoms with E-state index in [-0.39, 0.29) is 31.6 Å². The van der Waals surface area contributed by atoms with Gasteiger partial charge in [0, 0.05) is 12.0 Å². The minimum Gasteiger partial charge on any atom is -0.488 e. The topological polar surface area (TPSA) is 111 Å². The Bertz CT molecular complexity index is 1200. The fourth-order valence-electron chi connectivity index (χ4n) is 3.95. The number of nitrogens with zero attached hydrogens (tertiary/aromatic N) is 1. The first-order chi connectivity index (χ1) is 16.9. The molecule has 1 aliphatic heterocycles. The predicted molar refractivity (Wildman–Crippen MR) is 137 cm³/mol. The summed E-state index contributed by atoms with van der Waals surface area (Å²) in [6, 6.07) is 22.6. The molecule has 0 radical (unpaired) electrons. The van der Waals surface area contributed by atoms with Crippen molar-refractivity contribution in [2.75, 3.05) is 13.1 Å². The third-order valence-corrected chi connectivity index (χ3v) is 5.79. The third-order valence-electron chi connectivity index (χ3n) is 5.79. The molecule has 3 N–H and O–H groups in total. The van der Waals surface area contributed by atoms with E-state index in [1.807, 2.05) is 61.5 Å². The van der Waals surface area contributed by atoms with Crippen LogP contribution in [-0.2, 0) is 9.59 Å². The Morgan fingerprint density at radius 2 is 1.58 bits per heavy atom. The number of carbonyl (C=O) groups excluding carboxylic acids is 3. The molecule has 1 aliphatic rings. The average Bonchev–Trinajstić information content (AvgIpc) is 3.29. The fourth-order valence-corrected chi connectivity index (χ4v) is 3.95. The molecule has 1 fully saturated rings. The van der Waals surface area contributed by atoms with Gasteiger partial charge in [-0.05, 0) is 55.0 Å². The molecule has 3 aromatic carbocycles. The van der Waals surface area contributed by atoms with Crippen molar-refractivity contribution in [1.82, 2.24) is 10.2 Å². The first-order valence-corrected chi connectivity index (χ1v) is 11.3. The van der Waals surface area contributed by atoms with Gasteiger partial charge in [0.05, 0.1) is 13.1 Å². The van der Waals surface area contributed by atoms with E-state index in [0.717, 1.165) is 5.56 Å². The third kappa shape index (κ3) is 6.55. The van der Waals surface area contributed by atoms with Crippen molar-refractivity contribution in [2.45, 2.75) is 25.5 Å². The Morgan fingerprint density at radius 3 is 2.25 bits per heavy atom. The zero-order chi connectivity index (χ0) is 24.8. The number of hydrogen-bond acceptors (Lipinski definition) is 5. The van der Waals surface area contributed by atoms with Gasteiger partial charge in [0.1, 0.15) is 29.4 Å². The molecule has 2 atom stereocenters. The predicted octanol–water partition coefficient (Wildman–Crippen LogP) is 3.47. The summed E-state index contributed by atoms with van der Waals surface area (Å²) in [5.74, 6) is 0.561. The van der Waals surface area contributed by atoms with Gasteiger partial charge in [0.2, 0.25) is 11.8 Å². The molecule has 4 rings (SSSR count). The number of carbonyl (C=O) groups is 3. The van der Waals surface area contributed by atoms with Crippen LogP contribution in [0.5, 0.6) is 17.2 Å². The molecule has 0 aliphatic carbocycles. The zero-order valence-electron chi connectivity index (χ0n) is 19.8. The molecule has 0 spiro atoms. The highest BCUT2D eigenvalue weighted by atomic mass is 35.5. The Morgan fingerprint density at radius 1 is 0.944 bits per heavy atom. The van der Waals surface area contributed by atoms with E-state index in [1.54, 1.807) is 24.3 Å². The maximum absolute atomic E-state index is 12.8. The second-order valence-electron chi connectivity index (χ2n) is 8.33. The molecule has 1 heterocycles. The number of nitrogens with two attached hydrogens (primary N) is 1. The van der Waals surface area contributed by atoms with Crippen LogP contribution in [0, 0.1) is 6.92 Å². The van der Waals surface area contributed by atoms with Crippen LogP contribution in [0.1, 0.15) is 22.3 Å². The van der Waals surface area contributed by atoms with E-state index >= 15 is 0 Å². The van der Waals surface area contributed by atoms with Crippen molar-refractivity contribution < 1.29 is 23.9 Å². The van der Waals surface area contributed by atoms with Crippen LogP contribution in [0.15, 0.2) is 78.9 Å². The van der Waals surface area contributed by atoms with Crippen LogP contribution < -0.4 is 20.5 Å². The van der Waals surface area contributed by atoms with E-state index in [9.17, 15) is 14.4 Å². The van der Waals surface area contributed by atoms with Crippen molar-refractivity contribution in [1.29, 1.82) is 0 Å². The monoisotopic (exact) mass is 509 g/mol. The zero-order valence-corrected chi connectivity index (χ0v) is 20.6. The average molecular weight is 510 g/mol. The normalized spacial score (nSPS) is 16.5. The number of aryl methyl sites for hydroxylation is 1. The summed E-state index contributed by atoms with van der Waals surface area (Å²) in [6.07, 6.45) is -0.0721. The van der Waals surface area contributed by atoms with Gasteiger partial charge in [-0.3, -0.25) is 14.4 Å². The number of hydrogen-bond donors (Lipinski definition) is 2. The van der Waals surface area contributed by atoms with Crippen molar-refractivity contribution >= 4 is 30.1 Å². The highest BCUT2D eigenvalue weighted by molar-refractivity contribution is 5.97. The van der Waals surface area contributed by atoms with Gasteiger partial charge >= 0.3 is 0 Å². The highest BCUT2D eigenvalue weighted by Crippen LogP contribution is 2.25. The number of likely N-dealkylation sites (tertiary alicyclic amines) is 1. The number of nitrogens with one attached hydrogen (secondary N) is 1. The van der Waals surface area contributed by atoms with Gasteiger partial charge in [0.25, 0.3) is 5.91 Å². The summed E-state index contributed by atoms with van der Waals surface area (Å²) >= 11 is 0. The molecule has 3 aromatic rings. The van der Waals surface area contributed by atoms with Crippen LogP contribution in [0.2, 0.25) is 0 Å². The fraction of sp³-hybridized carbons (Fsp3) is 0.222. The van der Waals surface area contributed by atoms with Crippen molar-refractivity contribution in [3.05, 3.63) is 90.0 Å². The van der Waals surface area contributed by atoms with Crippen molar-refractivity contribution in [3.63, 3.8) is 0 Å². The number of rotatable bonds is 8. The molecule has 3 amide bonds. The largest absolute Gasteiger partial charge is 0.488 e. The molecule has 0 saturated carbocycles. The van der Waals surface area contributed by atoms with Gasteiger partial charge < -0.3 is 25.4 Å². The molecule has 0 aromatic heterocycles. The van der Waals surface area contributed by atoms with Crippen molar-refractivity contribution in [2.24, 2.45) is 5.73 Å². The van der Waals surface area contributed by atoms with Gasteiger partial charge in [0.15, 0.2) is 0 Å². The standard InChI is InChI=1S/C27H27N3O5.ClH/c1-18-7-5-6-10-24(18)35-22-15-23(26(28)32)30(17-22)25(31)16-29-27(33)19-11-13-21(14-12-19)34-20-8-3-2-4-9-20;/h2-14,22-23H,15-17H2,1H3,(H2,28,32)(H,29,33);1H. The summed E-state index contributed by atoms with van der Waals surface area (Å²) in [7, 11) is 0. The Balaban J connectivity index is 0.00000361. The van der Waals surface area contributed by atoms with Crippen LogP contribution in [0.4, 0.5) is 0 Å². The van der Waals surface area contributed by atoms with E-state index in [1.165, 1.54) is 4.90 Å². The SMILES string of the molecule is Cc1ccccc1OC1CC(C(N)=O)N(C(=O)CNC(=O)c2ccc(Oc3ccccc3)cc2)C1.Cl. The lowest BCUT2D eigenvalue weighted by Gasteiger charge is -2.22. The quantitative estimate of drug-likeness (QED) is 0.483. The molecular formula is C27H28ClN3O5. The van der Waals surface area contributed by atoms with Crippen LogP contribution in [-0.4, -0.2) is 47.9 Å². The second kappa shape index (κ2) is 12.1. The second-order valence-corrected chi connectivity index (χ2v) is 8.33. The molecule has 8 nitrogen and oxygen atoms in total. The summed E-state index contributed by atoms with van der Waals surface area (Å²) in [5, 5.41) is 2.61. The maximum atomic E-state index is 12.8. The summed E-state index contributed by atoms with van der Waals surface area (Å²) in [6.45, 7) is 1.87. The van der Waals surface area contributed by atoms with E-state index in [4.69, 9.17) is 15.2 Å². The molecule has 9 heteroatoms. The van der Waals surface area contributed by atoms with E-state index < -0.39 is 23.8 Å². The minimum absolute atomic E-state index is 0. The van der Waals surface area contributed by atoms with Crippen LogP contribution in [0.25, 0.3) is 0 Å². The molecular weight excluding hydrogens is 482 g/mol. The Hall–Kier alpha value is -4.04. The minimum atomic E-state index is -0.789. The molecule has 2 unspecified atom stereocenters. The van der Waals surface area contributed by atoms with Crippen LogP contribution >= 0.6 is 12.4 Å². The van der Waals surface area contributed by atoms with Gasteiger partial charge in [-0.2, -0.15) is 0 Å². The maximum Gasteiger partial charge on any atom is 0.251 e. The molecule has 188 valence electrons. The summed E-state index contributed by atoms with van der Waals surface area (Å²) in [5.41, 5.74) is 6.88. The Labute approximate surface area is 215 Å². The lowest BCUT2D eigenvalue weighted by atomic mass is 10.1. The van der Waals surface area contributed by atoms with Crippen LogP contribution in [0.3, 0.4) is 0 Å². The Kier molecular flexibility index (Phi) is 8.91. The lowest BCUT2D eigenvalue weighted by molar-refractivity contribution is -0.136. The molecule has 0 bridgehead atoms.